The molecule has 3 rings (SSSR count). The summed E-state index contributed by atoms with van der Waals surface area (Å²) in [5.41, 5.74) is 6.80. The van der Waals surface area contributed by atoms with Gasteiger partial charge in [0, 0.05) is 19.1 Å². The van der Waals surface area contributed by atoms with Gasteiger partial charge >= 0.3 is 0 Å². The number of amides is 1. The number of carbonyl (C=O) groups is 1. The second kappa shape index (κ2) is 8.16. The van der Waals surface area contributed by atoms with E-state index in [9.17, 15) is 9.18 Å². The lowest BCUT2D eigenvalue weighted by Gasteiger charge is -2.30. The molecule has 0 bridgehead atoms. The Bertz CT molecular complexity index is 847. The van der Waals surface area contributed by atoms with Crippen molar-refractivity contribution in [3.63, 3.8) is 0 Å². The number of ether oxygens (including phenoxy) is 1. The zero-order valence-electron chi connectivity index (χ0n) is 15.3. The van der Waals surface area contributed by atoms with Crippen LogP contribution in [0.4, 0.5) is 4.39 Å². The molecule has 2 unspecified atom stereocenters. The summed E-state index contributed by atoms with van der Waals surface area (Å²) >= 11 is 0. The maximum absolute atomic E-state index is 13.2. The van der Waals surface area contributed by atoms with Crippen molar-refractivity contribution in [1.82, 2.24) is 0 Å². The summed E-state index contributed by atoms with van der Waals surface area (Å²) in [6, 6.07) is 14.1. The van der Waals surface area contributed by atoms with Gasteiger partial charge in [-0.1, -0.05) is 37.3 Å². The maximum atomic E-state index is 13.2. The molecule has 0 radical (unpaired) electrons. The molecule has 5 heteroatoms. The zero-order chi connectivity index (χ0) is 19.3. The molecule has 0 fully saturated rings. The fraction of sp³-hybridized carbons (Fsp3) is 0.273. The minimum atomic E-state index is -0.445. The standard InChI is InChI=1S/C22H23FN2O2/c1-16(12-21(24)26)22(10-3-11-25-22)14-17-6-8-20(9-7-17)27-15-18-4-2-5-19(23)13-18/h2-11,13,16H,12,14-15H2,1H3,(H2,24,26). The first-order chi connectivity index (χ1) is 13.0. The highest BCUT2D eigenvalue weighted by Gasteiger charge is 2.35. The Kier molecular flexibility index (Phi) is 5.69. The van der Waals surface area contributed by atoms with Gasteiger partial charge in [-0.3, -0.25) is 9.79 Å². The van der Waals surface area contributed by atoms with Crippen LogP contribution in [0.2, 0.25) is 0 Å². The van der Waals surface area contributed by atoms with Crippen LogP contribution < -0.4 is 10.5 Å². The first-order valence-corrected chi connectivity index (χ1v) is 8.94. The highest BCUT2D eigenvalue weighted by atomic mass is 19.1. The van der Waals surface area contributed by atoms with Gasteiger partial charge in [0.1, 0.15) is 18.2 Å². The third-order valence-corrected chi connectivity index (χ3v) is 4.85. The van der Waals surface area contributed by atoms with Gasteiger partial charge in [0.15, 0.2) is 0 Å². The minimum absolute atomic E-state index is 0.00824. The monoisotopic (exact) mass is 366 g/mol. The van der Waals surface area contributed by atoms with E-state index in [4.69, 9.17) is 10.5 Å². The van der Waals surface area contributed by atoms with E-state index < -0.39 is 5.54 Å². The van der Waals surface area contributed by atoms with Crippen molar-refractivity contribution in [2.24, 2.45) is 16.6 Å². The smallest absolute Gasteiger partial charge is 0.217 e. The number of primary amides is 1. The van der Waals surface area contributed by atoms with E-state index in [1.807, 2.05) is 49.4 Å². The van der Waals surface area contributed by atoms with Crippen molar-refractivity contribution >= 4 is 12.1 Å². The molecule has 1 heterocycles. The number of aliphatic imine (C=N–C) groups is 1. The molecule has 0 aromatic heterocycles. The van der Waals surface area contributed by atoms with Crippen molar-refractivity contribution in [3.8, 4) is 5.75 Å². The number of rotatable bonds is 8. The summed E-state index contributed by atoms with van der Waals surface area (Å²) in [5, 5.41) is 0. The van der Waals surface area contributed by atoms with Gasteiger partial charge in [0.2, 0.25) is 5.91 Å². The second-order valence-corrected chi connectivity index (χ2v) is 6.94. The summed E-state index contributed by atoms with van der Waals surface area (Å²) < 4.78 is 18.9. The van der Waals surface area contributed by atoms with Crippen LogP contribution in [0.1, 0.15) is 24.5 Å². The van der Waals surface area contributed by atoms with Crippen LogP contribution >= 0.6 is 0 Å². The largest absolute Gasteiger partial charge is 0.489 e. The quantitative estimate of drug-likeness (QED) is 0.771. The number of hydrogen-bond acceptors (Lipinski definition) is 3. The van der Waals surface area contributed by atoms with Gasteiger partial charge in [0.05, 0.1) is 5.54 Å². The molecule has 27 heavy (non-hydrogen) atoms. The molecule has 2 aromatic carbocycles. The van der Waals surface area contributed by atoms with Crippen molar-refractivity contribution < 1.29 is 13.9 Å². The lowest BCUT2D eigenvalue weighted by atomic mass is 9.79. The lowest BCUT2D eigenvalue weighted by molar-refractivity contribution is -0.119. The first-order valence-electron chi connectivity index (χ1n) is 8.94. The molecule has 2 N–H and O–H groups in total. The van der Waals surface area contributed by atoms with Gasteiger partial charge in [-0.25, -0.2) is 4.39 Å². The topological polar surface area (TPSA) is 64.7 Å². The lowest BCUT2D eigenvalue weighted by Crippen LogP contribution is -2.36. The summed E-state index contributed by atoms with van der Waals surface area (Å²) in [7, 11) is 0. The first kappa shape index (κ1) is 18.8. The molecule has 0 saturated carbocycles. The van der Waals surface area contributed by atoms with E-state index in [0.717, 1.165) is 11.1 Å². The molecule has 0 saturated heterocycles. The number of halogens is 1. The average Bonchev–Trinajstić information content (AvgIpc) is 3.10. The summed E-state index contributed by atoms with van der Waals surface area (Å²) in [4.78, 5) is 15.9. The van der Waals surface area contributed by atoms with E-state index in [2.05, 4.69) is 4.99 Å². The predicted octanol–water partition coefficient (Wildman–Crippen LogP) is 3.84. The van der Waals surface area contributed by atoms with Crippen molar-refractivity contribution in [2.75, 3.05) is 0 Å². The molecule has 2 atom stereocenters. The third-order valence-electron chi connectivity index (χ3n) is 4.85. The zero-order valence-corrected chi connectivity index (χ0v) is 15.3. The predicted molar refractivity (Wildman–Crippen MR) is 104 cm³/mol. The van der Waals surface area contributed by atoms with Gasteiger partial charge in [-0.15, -0.1) is 0 Å². The highest BCUT2D eigenvalue weighted by Crippen LogP contribution is 2.33. The molecule has 1 aliphatic heterocycles. The fourth-order valence-electron chi connectivity index (χ4n) is 3.31. The fourth-order valence-corrected chi connectivity index (χ4v) is 3.31. The number of allylic oxidation sites excluding steroid dienone is 1. The van der Waals surface area contributed by atoms with Gasteiger partial charge < -0.3 is 10.5 Å². The van der Waals surface area contributed by atoms with Crippen molar-refractivity contribution in [2.45, 2.75) is 31.9 Å². The highest BCUT2D eigenvalue weighted by molar-refractivity contribution is 5.77. The molecule has 1 amide bonds. The van der Waals surface area contributed by atoms with Crippen LogP contribution in [0, 0.1) is 11.7 Å². The van der Waals surface area contributed by atoms with E-state index in [-0.39, 0.29) is 24.1 Å². The Labute approximate surface area is 158 Å². The van der Waals surface area contributed by atoms with E-state index in [1.165, 1.54) is 12.1 Å². The number of benzene rings is 2. The molecular formula is C22H23FN2O2. The normalized spacial score (nSPS) is 19.2. The Morgan fingerprint density at radius 1 is 1.22 bits per heavy atom. The van der Waals surface area contributed by atoms with Crippen molar-refractivity contribution in [1.29, 1.82) is 0 Å². The molecule has 4 nitrogen and oxygen atoms in total. The molecule has 0 spiro atoms. The number of carbonyl (C=O) groups excluding carboxylic acids is 1. The summed E-state index contributed by atoms with van der Waals surface area (Å²) in [6.07, 6.45) is 6.69. The Balaban J connectivity index is 1.65. The molecule has 2 aromatic rings. The third kappa shape index (κ3) is 4.82. The van der Waals surface area contributed by atoms with Crippen LogP contribution in [-0.4, -0.2) is 17.7 Å². The maximum Gasteiger partial charge on any atom is 0.217 e. The summed E-state index contributed by atoms with van der Waals surface area (Å²) in [6.45, 7) is 2.30. The van der Waals surface area contributed by atoms with E-state index >= 15 is 0 Å². The Morgan fingerprint density at radius 2 is 2.00 bits per heavy atom. The van der Waals surface area contributed by atoms with E-state index in [1.54, 1.807) is 12.3 Å². The van der Waals surface area contributed by atoms with E-state index in [0.29, 0.717) is 18.8 Å². The van der Waals surface area contributed by atoms with Crippen LogP contribution in [0.5, 0.6) is 5.75 Å². The molecule has 1 aliphatic rings. The van der Waals surface area contributed by atoms with Crippen LogP contribution in [0.25, 0.3) is 0 Å². The molecule has 0 aliphatic carbocycles. The van der Waals surface area contributed by atoms with Crippen LogP contribution in [0.15, 0.2) is 65.7 Å². The molecular weight excluding hydrogens is 343 g/mol. The second-order valence-electron chi connectivity index (χ2n) is 6.94. The Morgan fingerprint density at radius 3 is 2.63 bits per heavy atom. The Hall–Kier alpha value is -2.95. The van der Waals surface area contributed by atoms with Crippen LogP contribution in [-0.2, 0) is 17.8 Å². The molecule has 140 valence electrons. The van der Waals surface area contributed by atoms with Gasteiger partial charge in [-0.2, -0.15) is 0 Å². The van der Waals surface area contributed by atoms with Gasteiger partial charge in [-0.05, 0) is 47.4 Å². The average molecular weight is 366 g/mol. The SMILES string of the molecule is CC(CC(N)=O)C1(Cc2ccc(OCc3cccc(F)c3)cc2)C=CC=N1. The van der Waals surface area contributed by atoms with Gasteiger partial charge in [0.25, 0.3) is 0 Å². The van der Waals surface area contributed by atoms with Crippen molar-refractivity contribution in [3.05, 3.63) is 77.6 Å². The van der Waals surface area contributed by atoms with Crippen LogP contribution in [0.3, 0.4) is 0 Å². The number of nitrogens with zero attached hydrogens (tertiary/aromatic N) is 1. The summed E-state index contributed by atoms with van der Waals surface area (Å²) in [5.74, 6) is 0.132. The number of hydrogen-bond donors (Lipinski definition) is 1. The minimum Gasteiger partial charge on any atom is -0.489 e. The number of nitrogens with two attached hydrogens (primary N) is 1.